The molecule has 0 bridgehead atoms. The summed E-state index contributed by atoms with van der Waals surface area (Å²) in [6.45, 7) is 5.31. The Balaban J connectivity index is 2.03. The van der Waals surface area contributed by atoms with E-state index in [0.717, 1.165) is 30.7 Å². The van der Waals surface area contributed by atoms with Gasteiger partial charge in [0.25, 0.3) is 0 Å². The van der Waals surface area contributed by atoms with Crippen LogP contribution in [-0.4, -0.2) is 30.4 Å². The van der Waals surface area contributed by atoms with Crippen LogP contribution in [0.1, 0.15) is 53.6 Å². The molecule has 0 spiro atoms. The molecule has 0 aliphatic carbocycles. The lowest BCUT2D eigenvalue weighted by Gasteiger charge is -2.22. The Bertz CT molecular complexity index is 433. The minimum absolute atomic E-state index is 0.0952. The Morgan fingerprint density at radius 2 is 2.37 bits per heavy atom. The zero-order chi connectivity index (χ0) is 13.8. The number of hydrogen-bond acceptors (Lipinski definition) is 4. The van der Waals surface area contributed by atoms with Crippen molar-refractivity contribution in [3.8, 4) is 5.75 Å². The maximum atomic E-state index is 11.2. The maximum Gasteiger partial charge on any atom is 0.349 e. The highest BCUT2D eigenvalue weighted by molar-refractivity contribution is 7.14. The Morgan fingerprint density at radius 1 is 1.58 bits per heavy atom. The Kier molecular flexibility index (Phi) is 4.82. The minimum atomic E-state index is -0.920. The number of carbonyl (C=O) groups is 1. The number of carboxylic acids is 1. The van der Waals surface area contributed by atoms with Gasteiger partial charge in [-0.2, -0.15) is 0 Å². The van der Waals surface area contributed by atoms with Gasteiger partial charge < -0.3 is 14.6 Å². The first-order chi connectivity index (χ1) is 9.08. The zero-order valence-corrected chi connectivity index (χ0v) is 12.2. The van der Waals surface area contributed by atoms with Crippen molar-refractivity contribution < 1.29 is 19.4 Å². The van der Waals surface area contributed by atoms with Gasteiger partial charge >= 0.3 is 5.97 Å². The Labute approximate surface area is 117 Å². The van der Waals surface area contributed by atoms with Crippen LogP contribution in [0.4, 0.5) is 0 Å². The molecule has 1 atom stereocenters. The molecule has 0 aromatic carbocycles. The van der Waals surface area contributed by atoms with Crippen molar-refractivity contribution in [3.05, 3.63) is 15.8 Å². The van der Waals surface area contributed by atoms with Crippen LogP contribution in [0.2, 0.25) is 0 Å². The smallest absolute Gasteiger partial charge is 0.349 e. The van der Waals surface area contributed by atoms with Crippen LogP contribution in [0.5, 0.6) is 5.75 Å². The van der Waals surface area contributed by atoms with E-state index < -0.39 is 5.97 Å². The Hall–Kier alpha value is -1.07. The van der Waals surface area contributed by atoms with Crippen LogP contribution >= 0.6 is 11.3 Å². The van der Waals surface area contributed by atoms with Crippen molar-refractivity contribution in [2.45, 2.75) is 45.1 Å². The van der Waals surface area contributed by atoms with Crippen molar-refractivity contribution >= 4 is 17.3 Å². The molecule has 2 heterocycles. The summed E-state index contributed by atoms with van der Waals surface area (Å²) in [5.74, 6) is -0.127. The molecule has 0 radical (unpaired) electrons. The molecule has 1 aliphatic heterocycles. The van der Waals surface area contributed by atoms with E-state index in [4.69, 9.17) is 9.47 Å². The van der Waals surface area contributed by atoms with E-state index in [1.165, 1.54) is 11.3 Å². The standard InChI is InChI=1S/C14H20O4S/c1-9(2)12-7-11(13(19-12)14(15)16)18-8-10-5-3-4-6-17-10/h7,9-10H,3-6,8H2,1-2H3,(H,15,16). The monoisotopic (exact) mass is 284 g/mol. The minimum Gasteiger partial charge on any atom is -0.489 e. The second kappa shape index (κ2) is 6.39. The van der Waals surface area contributed by atoms with Gasteiger partial charge in [-0.15, -0.1) is 11.3 Å². The second-order valence-corrected chi connectivity index (χ2v) is 6.19. The molecule has 1 unspecified atom stereocenters. The van der Waals surface area contributed by atoms with Gasteiger partial charge in [-0.1, -0.05) is 13.8 Å². The van der Waals surface area contributed by atoms with Gasteiger partial charge in [-0.25, -0.2) is 4.79 Å². The highest BCUT2D eigenvalue weighted by atomic mass is 32.1. The molecule has 1 saturated heterocycles. The van der Waals surface area contributed by atoms with Gasteiger partial charge in [-0.05, 0) is 31.2 Å². The predicted octanol–water partition coefficient (Wildman–Crippen LogP) is 3.52. The van der Waals surface area contributed by atoms with Gasteiger partial charge in [0.15, 0.2) is 4.88 Å². The first kappa shape index (κ1) is 14.3. The topological polar surface area (TPSA) is 55.8 Å². The van der Waals surface area contributed by atoms with Crippen molar-refractivity contribution in [3.63, 3.8) is 0 Å². The summed E-state index contributed by atoms with van der Waals surface area (Å²) in [7, 11) is 0. The van der Waals surface area contributed by atoms with Gasteiger partial charge in [0.05, 0.1) is 6.10 Å². The van der Waals surface area contributed by atoms with Crippen molar-refractivity contribution in [1.82, 2.24) is 0 Å². The van der Waals surface area contributed by atoms with E-state index in [0.29, 0.717) is 23.2 Å². The number of rotatable bonds is 5. The molecule has 1 fully saturated rings. The quantitative estimate of drug-likeness (QED) is 0.899. The summed E-state index contributed by atoms with van der Waals surface area (Å²) in [6.07, 6.45) is 3.34. The van der Waals surface area contributed by atoms with Crippen LogP contribution in [0.25, 0.3) is 0 Å². The molecular weight excluding hydrogens is 264 g/mol. The Morgan fingerprint density at radius 3 is 2.95 bits per heavy atom. The van der Waals surface area contributed by atoms with Gasteiger partial charge in [0, 0.05) is 11.5 Å². The first-order valence-electron chi connectivity index (χ1n) is 6.69. The van der Waals surface area contributed by atoms with E-state index >= 15 is 0 Å². The fraction of sp³-hybridized carbons (Fsp3) is 0.643. The van der Waals surface area contributed by atoms with E-state index in [9.17, 15) is 9.90 Å². The highest BCUT2D eigenvalue weighted by Gasteiger charge is 2.20. The molecule has 106 valence electrons. The van der Waals surface area contributed by atoms with Crippen molar-refractivity contribution in [2.24, 2.45) is 0 Å². The average Bonchev–Trinajstić information content (AvgIpc) is 2.82. The SMILES string of the molecule is CC(C)c1cc(OCC2CCCCO2)c(C(=O)O)s1. The number of ether oxygens (including phenoxy) is 2. The molecule has 1 aromatic rings. The number of hydrogen-bond donors (Lipinski definition) is 1. The van der Waals surface area contributed by atoms with Crippen LogP contribution in [0, 0.1) is 0 Å². The highest BCUT2D eigenvalue weighted by Crippen LogP contribution is 2.34. The molecule has 1 N–H and O–H groups in total. The molecular formula is C14H20O4S. The number of thiophene rings is 1. The summed E-state index contributed by atoms with van der Waals surface area (Å²) < 4.78 is 11.3. The van der Waals surface area contributed by atoms with Crippen LogP contribution in [0.15, 0.2) is 6.07 Å². The molecule has 5 heteroatoms. The summed E-state index contributed by atoms with van der Waals surface area (Å²) in [4.78, 5) is 12.5. The van der Waals surface area contributed by atoms with Gasteiger partial charge in [0.1, 0.15) is 12.4 Å². The third-order valence-electron chi connectivity index (χ3n) is 3.18. The summed E-state index contributed by atoms with van der Waals surface area (Å²) in [5.41, 5.74) is 0. The predicted molar refractivity (Wildman–Crippen MR) is 74.5 cm³/mol. The molecule has 0 amide bonds. The van der Waals surface area contributed by atoms with Crippen molar-refractivity contribution in [1.29, 1.82) is 0 Å². The normalized spacial score (nSPS) is 19.6. The second-order valence-electron chi connectivity index (χ2n) is 5.10. The molecule has 4 nitrogen and oxygen atoms in total. The molecule has 19 heavy (non-hydrogen) atoms. The van der Waals surface area contributed by atoms with Crippen LogP contribution < -0.4 is 4.74 Å². The lowest BCUT2D eigenvalue weighted by molar-refractivity contribution is -0.0112. The van der Waals surface area contributed by atoms with Gasteiger partial charge in [-0.3, -0.25) is 0 Å². The van der Waals surface area contributed by atoms with E-state index in [1.54, 1.807) is 0 Å². The fourth-order valence-electron chi connectivity index (χ4n) is 2.05. The maximum absolute atomic E-state index is 11.2. The summed E-state index contributed by atoms with van der Waals surface area (Å²) >= 11 is 1.30. The third kappa shape index (κ3) is 3.70. The largest absolute Gasteiger partial charge is 0.489 e. The van der Waals surface area contributed by atoms with Crippen LogP contribution in [0.3, 0.4) is 0 Å². The van der Waals surface area contributed by atoms with E-state index in [-0.39, 0.29) is 6.10 Å². The zero-order valence-electron chi connectivity index (χ0n) is 11.3. The molecule has 1 aliphatic rings. The van der Waals surface area contributed by atoms with Crippen LogP contribution in [-0.2, 0) is 4.74 Å². The summed E-state index contributed by atoms with van der Waals surface area (Å²) in [5, 5.41) is 9.20. The molecule has 1 aromatic heterocycles. The van der Waals surface area contributed by atoms with E-state index in [2.05, 4.69) is 0 Å². The number of aromatic carboxylic acids is 1. The van der Waals surface area contributed by atoms with Crippen molar-refractivity contribution in [2.75, 3.05) is 13.2 Å². The first-order valence-corrected chi connectivity index (χ1v) is 7.51. The average molecular weight is 284 g/mol. The van der Waals surface area contributed by atoms with E-state index in [1.807, 2.05) is 19.9 Å². The summed E-state index contributed by atoms with van der Waals surface area (Å²) in [6, 6.07) is 1.85. The molecule has 0 saturated carbocycles. The number of carboxylic acid groups (broad SMARTS) is 1. The lowest BCUT2D eigenvalue weighted by Crippen LogP contribution is -2.26. The molecule has 2 rings (SSSR count). The fourth-order valence-corrected chi connectivity index (χ4v) is 3.00. The van der Waals surface area contributed by atoms with Gasteiger partial charge in [0.2, 0.25) is 0 Å². The third-order valence-corrected chi connectivity index (χ3v) is 4.58. The lowest BCUT2D eigenvalue weighted by atomic mass is 10.1.